The van der Waals surface area contributed by atoms with Crippen molar-refractivity contribution >= 4 is 5.91 Å². The van der Waals surface area contributed by atoms with Crippen molar-refractivity contribution in [2.45, 2.75) is 71.7 Å². The second-order valence-electron chi connectivity index (χ2n) is 5.97. The van der Waals surface area contributed by atoms with E-state index in [1.54, 1.807) is 0 Å². The van der Waals surface area contributed by atoms with Crippen LogP contribution in [0.15, 0.2) is 0 Å². The number of nitrogens with one attached hydrogen (secondary N) is 1. The summed E-state index contributed by atoms with van der Waals surface area (Å²) in [5.41, 5.74) is 2.47. The van der Waals surface area contributed by atoms with Crippen molar-refractivity contribution in [3.63, 3.8) is 0 Å². The predicted molar refractivity (Wildman–Crippen MR) is 76.7 cm³/mol. The average molecular weight is 287 g/mol. The Bertz CT molecular complexity index is 277. The largest absolute Gasteiger partial charge is 0.392 e. The summed E-state index contributed by atoms with van der Waals surface area (Å²) in [5.74, 6) is -0.310. The number of hydrogen-bond donors (Lipinski definition) is 2. The molecule has 1 fully saturated rings. The van der Waals surface area contributed by atoms with Crippen LogP contribution in [0, 0.1) is 11.8 Å². The monoisotopic (exact) mass is 287 g/mol. The molecule has 0 spiro atoms. The first-order chi connectivity index (χ1) is 9.54. The third-order valence-electron chi connectivity index (χ3n) is 3.54. The van der Waals surface area contributed by atoms with Crippen LogP contribution in [-0.4, -0.2) is 30.0 Å². The van der Waals surface area contributed by atoms with Gasteiger partial charge in [-0.2, -0.15) is 0 Å². The summed E-state index contributed by atoms with van der Waals surface area (Å²) in [7, 11) is 0. The van der Waals surface area contributed by atoms with Crippen LogP contribution in [0.25, 0.3) is 0 Å². The summed E-state index contributed by atoms with van der Waals surface area (Å²) in [6.45, 7) is 6.77. The molecule has 1 unspecified atom stereocenters. The summed E-state index contributed by atoms with van der Waals surface area (Å²) in [5, 5.41) is 10.1. The van der Waals surface area contributed by atoms with Gasteiger partial charge < -0.3 is 9.84 Å². The molecule has 3 atom stereocenters. The number of hydrogen-bond acceptors (Lipinski definition) is 4. The summed E-state index contributed by atoms with van der Waals surface area (Å²) in [6.07, 6.45) is 4.07. The Labute approximate surface area is 122 Å². The molecule has 0 aromatic carbocycles. The zero-order valence-electron chi connectivity index (χ0n) is 12.9. The maximum atomic E-state index is 12.2. The normalized spacial score (nSPS) is 22.6. The Balaban J connectivity index is 2.44. The van der Waals surface area contributed by atoms with Gasteiger partial charge in [0.1, 0.15) is 0 Å². The third kappa shape index (κ3) is 6.20. The van der Waals surface area contributed by atoms with E-state index in [0.717, 1.165) is 25.7 Å². The van der Waals surface area contributed by atoms with E-state index < -0.39 is 12.0 Å². The summed E-state index contributed by atoms with van der Waals surface area (Å²) in [6, 6.07) is 0. The minimum absolute atomic E-state index is 0.242. The molecule has 0 bridgehead atoms. The number of rotatable bonds is 8. The van der Waals surface area contributed by atoms with Crippen molar-refractivity contribution in [1.82, 2.24) is 5.48 Å². The second kappa shape index (κ2) is 9.32. The van der Waals surface area contributed by atoms with Crippen molar-refractivity contribution < 1.29 is 19.5 Å². The Kier molecular flexibility index (Phi) is 8.11. The molecule has 0 aliphatic carbocycles. The molecule has 1 aliphatic heterocycles. The number of aliphatic hydroxyl groups excluding tert-OH is 1. The molecular weight excluding hydrogens is 258 g/mol. The maximum Gasteiger partial charge on any atom is 0.249 e. The van der Waals surface area contributed by atoms with Gasteiger partial charge in [0.2, 0.25) is 5.91 Å². The van der Waals surface area contributed by atoms with Gasteiger partial charge in [-0.25, -0.2) is 10.3 Å². The Morgan fingerprint density at radius 2 is 2.20 bits per heavy atom. The van der Waals surface area contributed by atoms with Crippen LogP contribution in [-0.2, 0) is 14.4 Å². The van der Waals surface area contributed by atoms with Gasteiger partial charge in [0.15, 0.2) is 6.29 Å². The molecular formula is C15H29NO4. The van der Waals surface area contributed by atoms with Crippen LogP contribution in [0.4, 0.5) is 0 Å². The maximum absolute atomic E-state index is 12.2. The molecule has 0 aromatic heterocycles. The second-order valence-corrected chi connectivity index (χ2v) is 5.97. The fraction of sp³-hybridized carbons (Fsp3) is 0.933. The molecule has 118 valence electrons. The molecule has 5 nitrogen and oxygen atoms in total. The third-order valence-corrected chi connectivity index (χ3v) is 3.54. The number of hydroxylamine groups is 1. The first kappa shape index (κ1) is 17.4. The van der Waals surface area contributed by atoms with E-state index in [9.17, 15) is 9.90 Å². The zero-order chi connectivity index (χ0) is 15.0. The number of carbonyl (C=O) groups excluding carboxylic acids is 1. The van der Waals surface area contributed by atoms with Gasteiger partial charge in [-0.05, 0) is 31.6 Å². The molecule has 1 heterocycles. The smallest absolute Gasteiger partial charge is 0.249 e. The Morgan fingerprint density at radius 1 is 1.45 bits per heavy atom. The minimum atomic E-state index is -0.613. The SMILES string of the molecule is CCC[C@@H](O)[C@@H](CC(C)C)C(=O)NOC1CCCCO1. The lowest BCUT2D eigenvalue weighted by molar-refractivity contribution is -0.203. The van der Waals surface area contributed by atoms with Crippen LogP contribution in [0.3, 0.4) is 0 Å². The van der Waals surface area contributed by atoms with Gasteiger partial charge >= 0.3 is 0 Å². The van der Waals surface area contributed by atoms with Crippen LogP contribution in [0.1, 0.15) is 59.3 Å². The Hall–Kier alpha value is -0.650. The van der Waals surface area contributed by atoms with E-state index in [-0.39, 0.29) is 12.2 Å². The fourth-order valence-electron chi connectivity index (χ4n) is 2.45. The van der Waals surface area contributed by atoms with E-state index in [0.29, 0.717) is 25.4 Å². The molecule has 0 saturated carbocycles. The molecule has 20 heavy (non-hydrogen) atoms. The number of ether oxygens (including phenoxy) is 1. The van der Waals surface area contributed by atoms with E-state index in [4.69, 9.17) is 9.57 Å². The van der Waals surface area contributed by atoms with Crippen LogP contribution in [0.5, 0.6) is 0 Å². The fourth-order valence-corrected chi connectivity index (χ4v) is 2.45. The first-order valence-corrected chi connectivity index (χ1v) is 7.79. The van der Waals surface area contributed by atoms with Crippen molar-refractivity contribution in [1.29, 1.82) is 0 Å². The lowest BCUT2D eigenvalue weighted by atomic mass is 9.89. The molecule has 1 aliphatic rings. The van der Waals surface area contributed by atoms with E-state index in [1.165, 1.54) is 0 Å². The number of aliphatic hydroxyl groups is 1. The lowest BCUT2D eigenvalue weighted by Crippen LogP contribution is -2.41. The highest BCUT2D eigenvalue weighted by Crippen LogP contribution is 2.20. The van der Waals surface area contributed by atoms with Gasteiger partial charge in [-0.1, -0.05) is 27.2 Å². The number of amides is 1. The molecule has 1 rings (SSSR count). The predicted octanol–water partition coefficient (Wildman–Crippen LogP) is 2.38. The van der Waals surface area contributed by atoms with Crippen molar-refractivity contribution in [3.8, 4) is 0 Å². The highest BCUT2D eigenvalue weighted by molar-refractivity contribution is 5.78. The standard InChI is InChI=1S/C15H29NO4/c1-4-7-13(17)12(10-11(2)3)15(18)16-20-14-8-5-6-9-19-14/h11-14,17H,4-10H2,1-3H3,(H,16,18)/t12-,13-,14?/m1/s1. The van der Waals surface area contributed by atoms with Crippen LogP contribution < -0.4 is 5.48 Å². The first-order valence-electron chi connectivity index (χ1n) is 7.79. The molecule has 0 aromatic rings. The van der Waals surface area contributed by atoms with E-state index in [2.05, 4.69) is 5.48 Å². The summed E-state index contributed by atoms with van der Waals surface area (Å²) >= 11 is 0. The summed E-state index contributed by atoms with van der Waals surface area (Å²) < 4.78 is 5.40. The van der Waals surface area contributed by atoms with Crippen molar-refractivity contribution in [3.05, 3.63) is 0 Å². The Morgan fingerprint density at radius 3 is 2.75 bits per heavy atom. The molecule has 0 radical (unpaired) electrons. The average Bonchev–Trinajstić information content (AvgIpc) is 2.43. The van der Waals surface area contributed by atoms with Gasteiger partial charge in [-0.15, -0.1) is 0 Å². The number of carbonyl (C=O) groups is 1. The van der Waals surface area contributed by atoms with Gasteiger partial charge in [0, 0.05) is 13.0 Å². The highest BCUT2D eigenvalue weighted by Gasteiger charge is 2.28. The molecule has 2 N–H and O–H groups in total. The van der Waals surface area contributed by atoms with Crippen LogP contribution in [0.2, 0.25) is 0 Å². The topological polar surface area (TPSA) is 67.8 Å². The van der Waals surface area contributed by atoms with Crippen molar-refractivity contribution in [2.75, 3.05) is 6.61 Å². The minimum Gasteiger partial charge on any atom is -0.392 e. The quantitative estimate of drug-likeness (QED) is 0.673. The van der Waals surface area contributed by atoms with E-state index >= 15 is 0 Å². The van der Waals surface area contributed by atoms with E-state index in [1.807, 2.05) is 20.8 Å². The zero-order valence-corrected chi connectivity index (χ0v) is 12.9. The lowest BCUT2D eigenvalue weighted by Gasteiger charge is -2.26. The summed E-state index contributed by atoms with van der Waals surface area (Å²) in [4.78, 5) is 17.5. The van der Waals surface area contributed by atoms with Crippen molar-refractivity contribution in [2.24, 2.45) is 11.8 Å². The molecule has 1 saturated heterocycles. The van der Waals surface area contributed by atoms with Gasteiger partial charge in [-0.3, -0.25) is 4.79 Å². The van der Waals surface area contributed by atoms with Gasteiger partial charge in [0.05, 0.1) is 12.0 Å². The van der Waals surface area contributed by atoms with Gasteiger partial charge in [0.25, 0.3) is 0 Å². The van der Waals surface area contributed by atoms with Crippen LogP contribution >= 0.6 is 0 Å². The molecule has 5 heteroatoms. The molecule has 1 amide bonds. The highest BCUT2D eigenvalue weighted by atomic mass is 16.8.